The molecule has 0 fully saturated rings. The number of hydrogen-bond acceptors (Lipinski definition) is 2. The van der Waals surface area contributed by atoms with Gasteiger partial charge in [-0.25, -0.2) is 4.79 Å². The summed E-state index contributed by atoms with van der Waals surface area (Å²) in [5, 5.41) is 8.77. The third kappa shape index (κ3) is 1.94. The van der Waals surface area contributed by atoms with E-state index in [2.05, 4.69) is 0 Å². The lowest BCUT2D eigenvalue weighted by atomic mass is 9.99. The van der Waals surface area contributed by atoms with Crippen LogP contribution in [0, 0.1) is 0 Å². The largest absolute Gasteiger partial charge is 0.478 e. The van der Waals surface area contributed by atoms with Gasteiger partial charge in [-0.3, -0.25) is 4.21 Å². The van der Waals surface area contributed by atoms with E-state index in [0.29, 0.717) is 23.3 Å². The Morgan fingerprint density at radius 3 is 2.42 bits per heavy atom. The zero-order valence-corrected chi connectivity index (χ0v) is 7.82. The van der Waals surface area contributed by atoms with E-state index < -0.39 is 16.8 Å². The first-order chi connectivity index (χ1) is 5.63. The highest BCUT2D eigenvalue weighted by atomic mass is 32.2. The lowest BCUT2D eigenvalue weighted by molar-refractivity contribution is -0.132. The van der Waals surface area contributed by atoms with E-state index in [9.17, 15) is 9.00 Å². The molecule has 0 aromatic rings. The highest BCUT2D eigenvalue weighted by Crippen LogP contribution is 2.26. The fourth-order valence-electron chi connectivity index (χ4n) is 1.42. The van der Waals surface area contributed by atoms with Gasteiger partial charge >= 0.3 is 5.97 Å². The van der Waals surface area contributed by atoms with Crippen LogP contribution in [0.3, 0.4) is 0 Å². The van der Waals surface area contributed by atoms with Crippen LogP contribution in [-0.2, 0) is 15.6 Å². The summed E-state index contributed by atoms with van der Waals surface area (Å²) in [6.45, 7) is 0. The maximum absolute atomic E-state index is 11.1. The zero-order chi connectivity index (χ0) is 9.14. The number of carboxylic acids is 1. The summed E-state index contributed by atoms with van der Waals surface area (Å²) >= 11 is 0. The van der Waals surface area contributed by atoms with Crippen LogP contribution in [0.1, 0.15) is 25.7 Å². The summed E-state index contributed by atoms with van der Waals surface area (Å²) in [7, 11) is -1.10. The summed E-state index contributed by atoms with van der Waals surface area (Å²) in [6.07, 6.45) is 4.67. The van der Waals surface area contributed by atoms with E-state index in [1.165, 1.54) is 0 Å². The molecule has 0 radical (unpaired) electrons. The maximum atomic E-state index is 11.1. The second-order valence-corrected chi connectivity index (χ2v) is 4.27. The van der Waals surface area contributed by atoms with Gasteiger partial charge in [0.15, 0.2) is 0 Å². The first-order valence-corrected chi connectivity index (χ1v) is 5.47. The predicted molar refractivity (Wildman–Crippen MR) is 47.2 cm³/mol. The van der Waals surface area contributed by atoms with Gasteiger partial charge in [0.05, 0.1) is 0 Å². The lowest BCUT2D eigenvalue weighted by Crippen LogP contribution is -2.11. The monoisotopic (exact) mass is 188 g/mol. The molecule has 68 valence electrons. The minimum absolute atomic E-state index is 0.377. The molecule has 0 aliphatic heterocycles. The normalized spacial score (nSPS) is 20.8. The van der Waals surface area contributed by atoms with Crippen molar-refractivity contribution in [1.29, 1.82) is 0 Å². The number of hydrogen-bond donors (Lipinski definition) is 1. The Labute approximate surface area is 73.9 Å². The van der Waals surface area contributed by atoms with Crippen molar-refractivity contribution in [3.63, 3.8) is 0 Å². The maximum Gasteiger partial charge on any atom is 0.332 e. The fourth-order valence-corrected chi connectivity index (χ4v) is 2.39. The smallest absolute Gasteiger partial charge is 0.332 e. The third-order valence-electron chi connectivity index (χ3n) is 2.02. The predicted octanol–water partition coefficient (Wildman–Crippen LogP) is 1.28. The molecule has 1 unspecified atom stereocenters. The topological polar surface area (TPSA) is 54.4 Å². The van der Waals surface area contributed by atoms with Crippen LogP contribution in [0.25, 0.3) is 0 Å². The van der Waals surface area contributed by atoms with Crippen molar-refractivity contribution in [2.24, 2.45) is 0 Å². The number of carbonyl (C=O) groups is 1. The van der Waals surface area contributed by atoms with Crippen molar-refractivity contribution in [1.82, 2.24) is 0 Å². The molecule has 0 heterocycles. The number of allylic oxidation sites excluding steroid dienone is 1. The minimum Gasteiger partial charge on any atom is -0.478 e. The molecule has 0 saturated heterocycles. The molecule has 1 atom stereocenters. The Morgan fingerprint density at radius 1 is 1.42 bits per heavy atom. The summed E-state index contributed by atoms with van der Waals surface area (Å²) in [4.78, 5) is 11.3. The van der Waals surface area contributed by atoms with Gasteiger partial charge < -0.3 is 5.11 Å². The minimum atomic E-state index is -1.10. The average Bonchev–Trinajstić information content (AvgIpc) is 2.04. The van der Waals surface area contributed by atoms with Crippen molar-refractivity contribution in [2.45, 2.75) is 25.7 Å². The van der Waals surface area contributed by atoms with Crippen molar-refractivity contribution in [3.8, 4) is 0 Å². The average molecular weight is 188 g/mol. The SMILES string of the molecule is CS(=O)C1=C(C(=O)O)CCCC1. The molecule has 0 saturated carbocycles. The summed E-state index contributed by atoms with van der Waals surface area (Å²) in [5.74, 6) is -0.903. The van der Waals surface area contributed by atoms with Crippen molar-refractivity contribution >= 4 is 16.8 Å². The second-order valence-electron chi connectivity index (χ2n) is 2.87. The van der Waals surface area contributed by atoms with Gasteiger partial charge in [-0.1, -0.05) is 0 Å². The standard InChI is InChI=1S/C8H12O3S/c1-12(11)7-5-3-2-4-6(7)8(9)10/h2-5H2,1H3,(H,9,10). The Balaban J connectivity index is 2.99. The molecule has 0 aromatic carbocycles. The molecular formula is C8H12O3S. The van der Waals surface area contributed by atoms with Crippen LogP contribution in [0.15, 0.2) is 10.5 Å². The van der Waals surface area contributed by atoms with Crippen LogP contribution in [0.5, 0.6) is 0 Å². The van der Waals surface area contributed by atoms with Crippen LogP contribution < -0.4 is 0 Å². The first kappa shape index (κ1) is 9.45. The first-order valence-electron chi connectivity index (χ1n) is 3.91. The molecule has 4 heteroatoms. The molecular weight excluding hydrogens is 176 g/mol. The summed E-state index contributed by atoms with van der Waals surface area (Å²) in [6, 6.07) is 0. The Morgan fingerprint density at radius 2 is 2.00 bits per heavy atom. The fraction of sp³-hybridized carbons (Fsp3) is 0.625. The number of carboxylic acid groups (broad SMARTS) is 1. The summed E-state index contributed by atoms with van der Waals surface area (Å²) in [5.41, 5.74) is 0.377. The molecule has 0 spiro atoms. The Kier molecular flexibility index (Phi) is 3.03. The second kappa shape index (κ2) is 3.85. The van der Waals surface area contributed by atoms with Crippen LogP contribution in [-0.4, -0.2) is 21.5 Å². The highest BCUT2D eigenvalue weighted by Gasteiger charge is 2.20. The van der Waals surface area contributed by atoms with Gasteiger partial charge in [-0.05, 0) is 25.7 Å². The molecule has 1 N–H and O–H groups in total. The lowest BCUT2D eigenvalue weighted by Gasteiger charge is -2.14. The van der Waals surface area contributed by atoms with Gasteiger partial charge in [0.1, 0.15) is 0 Å². The van der Waals surface area contributed by atoms with E-state index in [4.69, 9.17) is 5.11 Å². The quantitative estimate of drug-likeness (QED) is 0.710. The van der Waals surface area contributed by atoms with Gasteiger partial charge in [0, 0.05) is 27.5 Å². The molecule has 3 nitrogen and oxygen atoms in total. The van der Waals surface area contributed by atoms with Gasteiger partial charge in [-0.15, -0.1) is 0 Å². The third-order valence-corrected chi connectivity index (χ3v) is 3.17. The van der Waals surface area contributed by atoms with E-state index in [-0.39, 0.29) is 0 Å². The highest BCUT2D eigenvalue weighted by molar-refractivity contribution is 7.88. The van der Waals surface area contributed by atoms with Crippen molar-refractivity contribution < 1.29 is 14.1 Å². The Bertz CT molecular complexity index is 229. The number of rotatable bonds is 2. The summed E-state index contributed by atoms with van der Waals surface area (Å²) < 4.78 is 11.1. The van der Waals surface area contributed by atoms with Gasteiger partial charge in [-0.2, -0.15) is 0 Å². The molecule has 1 aliphatic carbocycles. The van der Waals surface area contributed by atoms with E-state index in [1.807, 2.05) is 0 Å². The molecule has 0 amide bonds. The van der Waals surface area contributed by atoms with Crippen molar-refractivity contribution in [2.75, 3.05) is 6.26 Å². The van der Waals surface area contributed by atoms with E-state index >= 15 is 0 Å². The van der Waals surface area contributed by atoms with E-state index in [0.717, 1.165) is 12.8 Å². The molecule has 12 heavy (non-hydrogen) atoms. The van der Waals surface area contributed by atoms with Crippen molar-refractivity contribution in [3.05, 3.63) is 10.5 Å². The van der Waals surface area contributed by atoms with Gasteiger partial charge in [0.2, 0.25) is 0 Å². The Hall–Kier alpha value is -0.640. The van der Waals surface area contributed by atoms with Crippen LogP contribution in [0.2, 0.25) is 0 Å². The van der Waals surface area contributed by atoms with E-state index in [1.54, 1.807) is 6.26 Å². The molecule has 0 aromatic heterocycles. The molecule has 1 aliphatic rings. The molecule has 1 rings (SSSR count). The van der Waals surface area contributed by atoms with Crippen LogP contribution in [0.4, 0.5) is 0 Å². The zero-order valence-electron chi connectivity index (χ0n) is 7.00. The van der Waals surface area contributed by atoms with Crippen LogP contribution >= 0.6 is 0 Å². The number of aliphatic carboxylic acids is 1. The molecule has 0 bridgehead atoms. The van der Waals surface area contributed by atoms with Gasteiger partial charge in [0.25, 0.3) is 0 Å².